The fraction of sp³-hybridized carbons (Fsp3) is 0.409. The van der Waals surface area contributed by atoms with Crippen LogP contribution < -0.4 is 0 Å². The molecule has 28 heavy (non-hydrogen) atoms. The first kappa shape index (κ1) is 20.5. The number of rotatable bonds is 8. The molecule has 1 fully saturated rings. The Kier molecular flexibility index (Phi) is 7.17. The third kappa shape index (κ3) is 5.39. The lowest BCUT2D eigenvalue weighted by molar-refractivity contribution is -0.172. The van der Waals surface area contributed by atoms with E-state index in [0.29, 0.717) is 13.2 Å². The topological polar surface area (TPSA) is 74.2 Å². The molecule has 1 heterocycles. The summed E-state index contributed by atoms with van der Waals surface area (Å²) in [6, 6.07) is 19.4. The molecule has 0 spiro atoms. The number of hydrogen-bond acceptors (Lipinski definition) is 6. The van der Waals surface area contributed by atoms with Crippen molar-refractivity contribution >= 4 is 5.97 Å². The smallest absolute Gasteiger partial charge is 0.302 e. The summed E-state index contributed by atoms with van der Waals surface area (Å²) in [5, 5.41) is 10.4. The molecule has 5 atom stereocenters. The molecule has 6 heteroatoms. The predicted octanol–water partition coefficient (Wildman–Crippen LogP) is 2.83. The zero-order valence-corrected chi connectivity index (χ0v) is 16.1. The Hall–Kier alpha value is -2.25. The Labute approximate surface area is 165 Å². The molecule has 0 unspecified atom stereocenters. The van der Waals surface area contributed by atoms with Gasteiger partial charge in [0.25, 0.3) is 0 Å². The van der Waals surface area contributed by atoms with E-state index >= 15 is 0 Å². The molecule has 3 rings (SSSR count). The van der Waals surface area contributed by atoms with Crippen LogP contribution in [0.5, 0.6) is 0 Å². The first-order chi connectivity index (χ1) is 13.5. The minimum Gasteiger partial charge on any atom is -0.460 e. The molecule has 2 aromatic carbocycles. The van der Waals surface area contributed by atoms with Crippen molar-refractivity contribution in [2.45, 2.75) is 57.8 Å². The largest absolute Gasteiger partial charge is 0.460 e. The molecular weight excluding hydrogens is 360 g/mol. The van der Waals surface area contributed by atoms with Crippen molar-refractivity contribution in [3.8, 4) is 0 Å². The molecule has 150 valence electrons. The Morgan fingerprint density at radius 3 is 1.96 bits per heavy atom. The minimum atomic E-state index is -1.17. The number of esters is 1. The molecular formula is C22H26O6. The van der Waals surface area contributed by atoms with E-state index in [1.165, 1.54) is 6.92 Å². The highest BCUT2D eigenvalue weighted by Gasteiger charge is 2.48. The fourth-order valence-corrected chi connectivity index (χ4v) is 3.27. The van der Waals surface area contributed by atoms with Gasteiger partial charge >= 0.3 is 5.97 Å². The maximum Gasteiger partial charge on any atom is 0.302 e. The lowest BCUT2D eigenvalue weighted by Gasteiger charge is -2.26. The molecule has 6 nitrogen and oxygen atoms in total. The van der Waals surface area contributed by atoms with Crippen molar-refractivity contribution in [1.82, 2.24) is 0 Å². The summed E-state index contributed by atoms with van der Waals surface area (Å²) in [5.74, 6) is -0.416. The van der Waals surface area contributed by atoms with E-state index in [1.54, 1.807) is 6.92 Å². The summed E-state index contributed by atoms with van der Waals surface area (Å²) >= 11 is 0. The molecule has 0 aromatic heterocycles. The van der Waals surface area contributed by atoms with Crippen molar-refractivity contribution < 1.29 is 28.8 Å². The van der Waals surface area contributed by atoms with Crippen LogP contribution in [0.2, 0.25) is 0 Å². The lowest BCUT2D eigenvalue weighted by Crippen LogP contribution is -2.42. The normalized spacial score (nSPS) is 25.4. The second-order valence-corrected chi connectivity index (χ2v) is 6.83. The second-order valence-electron chi connectivity index (χ2n) is 6.83. The number of carbonyl (C=O) groups excluding carboxylic acids is 1. The van der Waals surface area contributed by atoms with Crippen LogP contribution in [0, 0.1) is 0 Å². The third-order valence-electron chi connectivity index (χ3n) is 4.61. The zero-order chi connectivity index (χ0) is 19.9. The molecule has 0 bridgehead atoms. The van der Waals surface area contributed by atoms with Crippen LogP contribution in [0.15, 0.2) is 60.7 Å². The van der Waals surface area contributed by atoms with Gasteiger partial charge in [0.1, 0.15) is 24.4 Å². The Bertz CT molecular complexity index is 735. The van der Waals surface area contributed by atoms with Gasteiger partial charge in [0, 0.05) is 6.92 Å². The predicted molar refractivity (Wildman–Crippen MR) is 102 cm³/mol. The summed E-state index contributed by atoms with van der Waals surface area (Å²) in [5.41, 5.74) is 1.97. The average molecular weight is 386 g/mol. The molecule has 0 radical (unpaired) electrons. The Balaban J connectivity index is 1.71. The van der Waals surface area contributed by atoms with Gasteiger partial charge in [0.05, 0.1) is 13.2 Å². The van der Waals surface area contributed by atoms with E-state index in [-0.39, 0.29) is 0 Å². The van der Waals surface area contributed by atoms with E-state index in [4.69, 9.17) is 18.9 Å². The second kappa shape index (κ2) is 9.80. The number of hydrogen-bond donors (Lipinski definition) is 1. The van der Waals surface area contributed by atoms with E-state index in [0.717, 1.165) is 11.1 Å². The van der Waals surface area contributed by atoms with Crippen LogP contribution in [-0.4, -0.2) is 41.8 Å². The van der Waals surface area contributed by atoms with Crippen LogP contribution in [0.1, 0.15) is 25.0 Å². The highest BCUT2D eigenvalue weighted by Crippen LogP contribution is 2.30. The minimum absolute atomic E-state index is 0.311. The van der Waals surface area contributed by atoms with E-state index in [2.05, 4.69) is 0 Å². The standard InChI is InChI=1S/C22H26O6/c1-15(27-16(2)23)19-20(25-13-17-9-5-3-6-10-17)21(22(24)28-19)26-14-18-11-7-4-8-12-18/h3-12,15,19-22,24H,13-14H2,1-2H3/t15-,19-,20+,21-,22+/m1/s1. The number of aliphatic hydroxyl groups is 1. The van der Waals surface area contributed by atoms with Crippen molar-refractivity contribution in [1.29, 1.82) is 0 Å². The SMILES string of the molecule is CC(=O)O[C@H](C)[C@H]1O[C@H](O)[C@H](OCc2ccccc2)[C@H]1OCc1ccccc1. The van der Waals surface area contributed by atoms with Gasteiger partial charge in [-0.25, -0.2) is 0 Å². The van der Waals surface area contributed by atoms with E-state index in [1.807, 2.05) is 60.7 Å². The first-order valence-electron chi connectivity index (χ1n) is 9.36. The van der Waals surface area contributed by atoms with Gasteiger partial charge in [-0.1, -0.05) is 60.7 Å². The molecule has 1 aliphatic rings. The van der Waals surface area contributed by atoms with Gasteiger partial charge < -0.3 is 24.1 Å². The van der Waals surface area contributed by atoms with Gasteiger partial charge in [0.15, 0.2) is 6.29 Å². The van der Waals surface area contributed by atoms with Gasteiger partial charge in [-0.2, -0.15) is 0 Å². The highest BCUT2D eigenvalue weighted by atomic mass is 16.7. The molecule has 2 aromatic rings. The number of aliphatic hydroxyl groups excluding tert-OH is 1. The third-order valence-corrected chi connectivity index (χ3v) is 4.61. The highest BCUT2D eigenvalue weighted by molar-refractivity contribution is 5.66. The van der Waals surface area contributed by atoms with Gasteiger partial charge in [-0.05, 0) is 18.1 Å². The summed E-state index contributed by atoms with van der Waals surface area (Å²) in [7, 11) is 0. The molecule has 1 saturated heterocycles. The number of benzene rings is 2. The van der Waals surface area contributed by atoms with Crippen LogP contribution in [0.3, 0.4) is 0 Å². The fourth-order valence-electron chi connectivity index (χ4n) is 3.27. The molecule has 0 saturated carbocycles. The monoisotopic (exact) mass is 386 g/mol. The van der Waals surface area contributed by atoms with Crippen LogP contribution in [0.4, 0.5) is 0 Å². The van der Waals surface area contributed by atoms with Gasteiger partial charge in [-0.3, -0.25) is 4.79 Å². The van der Waals surface area contributed by atoms with Crippen molar-refractivity contribution in [2.75, 3.05) is 0 Å². The zero-order valence-electron chi connectivity index (χ0n) is 16.1. The summed E-state index contributed by atoms with van der Waals surface area (Å²) in [6.07, 6.45) is -3.69. The average Bonchev–Trinajstić information content (AvgIpc) is 3.01. The molecule has 1 aliphatic heterocycles. The van der Waals surface area contributed by atoms with Crippen LogP contribution in [0.25, 0.3) is 0 Å². The summed E-state index contributed by atoms with van der Waals surface area (Å²) < 4.78 is 22.9. The maximum absolute atomic E-state index is 11.4. The van der Waals surface area contributed by atoms with E-state index < -0.39 is 36.7 Å². The van der Waals surface area contributed by atoms with E-state index in [9.17, 15) is 9.90 Å². The molecule has 0 amide bonds. The number of carbonyl (C=O) groups is 1. The Morgan fingerprint density at radius 1 is 0.964 bits per heavy atom. The molecule has 1 N–H and O–H groups in total. The first-order valence-corrected chi connectivity index (χ1v) is 9.36. The maximum atomic E-state index is 11.4. The van der Waals surface area contributed by atoms with Crippen LogP contribution >= 0.6 is 0 Å². The van der Waals surface area contributed by atoms with Gasteiger partial charge in [-0.15, -0.1) is 0 Å². The van der Waals surface area contributed by atoms with Gasteiger partial charge in [0.2, 0.25) is 0 Å². The summed E-state index contributed by atoms with van der Waals surface area (Å²) in [4.78, 5) is 11.4. The van der Waals surface area contributed by atoms with Crippen molar-refractivity contribution in [3.05, 3.63) is 71.8 Å². The van der Waals surface area contributed by atoms with Crippen molar-refractivity contribution in [2.24, 2.45) is 0 Å². The summed E-state index contributed by atoms with van der Waals surface area (Å²) in [6.45, 7) is 3.70. The molecule has 0 aliphatic carbocycles. The van der Waals surface area contributed by atoms with Crippen molar-refractivity contribution in [3.63, 3.8) is 0 Å². The lowest BCUT2D eigenvalue weighted by atomic mass is 10.1. The van der Waals surface area contributed by atoms with Crippen LogP contribution in [-0.2, 0) is 37.0 Å². The number of ether oxygens (including phenoxy) is 4. The quantitative estimate of drug-likeness (QED) is 0.704. The Morgan fingerprint density at radius 2 is 1.46 bits per heavy atom.